The highest BCUT2D eigenvalue weighted by Crippen LogP contribution is 2.10. The van der Waals surface area contributed by atoms with Crippen molar-refractivity contribution in [2.75, 3.05) is 7.11 Å². The maximum atomic E-state index is 12.7. The minimum absolute atomic E-state index is 0.0714. The number of carbonyl (C=O) groups excluding carboxylic acids is 3. The van der Waals surface area contributed by atoms with Gasteiger partial charge in [-0.15, -0.1) is 0 Å². The van der Waals surface area contributed by atoms with E-state index in [0.29, 0.717) is 17.8 Å². The number of hydrogen-bond donors (Lipinski definition) is 1. The Balaban J connectivity index is 2.26. The molecule has 0 aliphatic carbocycles. The Labute approximate surface area is 182 Å². The summed E-state index contributed by atoms with van der Waals surface area (Å²) in [6.07, 6.45) is 4.72. The number of nitrogens with zero attached hydrogens (tertiary/aromatic N) is 2. The number of carbonyl (C=O) groups is 3. The molecule has 8 nitrogen and oxygen atoms in total. The maximum Gasteiger partial charge on any atom is 0.408 e. The number of amides is 1. The second kappa shape index (κ2) is 10.6. The maximum absolute atomic E-state index is 12.7. The molecular formula is C23H30N3O5+. The number of benzene rings is 1. The average molecular weight is 429 g/mol. The van der Waals surface area contributed by atoms with Crippen LogP contribution in [0, 0.1) is 0 Å². The van der Waals surface area contributed by atoms with Crippen molar-refractivity contribution in [3.63, 3.8) is 0 Å². The van der Waals surface area contributed by atoms with Gasteiger partial charge < -0.3 is 14.8 Å². The first kappa shape index (κ1) is 23.9. The summed E-state index contributed by atoms with van der Waals surface area (Å²) in [7, 11) is 1.25. The van der Waals surface area contributed by atoms with Gasteiger partial charge in [-0.2, -0.15) is 0 Å². The summed E-state index contributed by atoms with van der Waals surface area (Å²) in [5, 5.41) is 2.56. The molecule has 1 N–H and O–H groups in total. The first-order chi connectivity index (χ1) is 14.6. The van der Waals surface area contributed by atoms with Gasteiger partial charge in [0.1, 0.15) is 30.1 Å². The molecule has 0 aliphatic heterocycles. The van der Waals surface area contributed by atoms with Crippen molar-refractivity contribution in [1.82, 2.24) is 9.88 Å². The van der Waals surface area contributed by atoms with Gasteiger partial charge in [-0.1, -0.05) is 43.0 Å². The van der Waals surface area contributed by atoms with Crippen molar-refractivity contribution in [3.05, 3.63) is 66.8 Å². The van der Waals surface area contributed by atoms with E-state index >= 15 is 0 Å². The number of allylic oxidation sites excluding steroid dienone is 1. The van der Waals surface area contributed by atoms with Crippen LogP contribution in [0.4, 0.5) is 4.79 Å². The Hall–Kier alpha value is -3.42. The third-order valence-electron chi connectivity index (χ3n) is 4.31. The van der Waals surface area contributed by atoms with E-state index in [-0.39, 0.29) is 18.7 Å². The summed E-state index contributed by atoms with van der Waals surface area (Å²) in [5.74, 6) is -0.679. The first-order valence-electron chi connectivity index (χ1n) is 9.97. The largest absolute Gasteiger partial charge is 0.467 e. The van der Waals surface area contributed by atoms with Gasteiger partial charge in [0.05, 0.1) is 7.11 Å². The fourth-order valence-electron chi connectivity index (χ4n) is 2.98. The van der Waals surface area contributed by atoms with E-state index in [9.17, 15) is 14.4 Å². The molecule has 0 spiro atoms. The van der Waals surface area contributed by atoms with Crippen LogP contribution in [0.5, 0.6) is 0 Å². The van der Waals surface area contributed by atoms with Gasteiger partial charge in [-0.25, -0.2) is 18.7 Å². The number of alkyl carbamates (subject to hydrolysis) is 1. The Bertz CT molecular complexity index is 928. The molecule has 0 saturated heterocycles. The second-order valence-corrected chi connectivity index (χ2v) is 8.06. The molecule has 1 aromatic heterocycles. The van der Waals surface area contributed by atoms with Crippen molar-refractivity contribution < 1.29 is 28.4 Å². The molecule has 2 rings (SSSR count). The van der Waals surface area contributed by atoms with Gasteiger partial charge in [-0.3, -0.25) is 4.79 Å². The van der Waals surface area contributed by atoms with Crippen molar-refractivity contribution in [2.24, 2.45) is 0 Å². The minimum atomic E-state index is -0.975. The Morgan fingerprint density at radius 3 is 2.48 bits per heavy atom. The molecule has 0 aliphatic rings. The topological polar surface area (TPSA) is 90.5 Å². The van der Waals surface area contributed by atoms with E-state index < -0.39 is 23.7 Å². The van der Waals surface area contributed by atoms with E-state index in [2.05, 4.69) is 11.9 Å². The summed E-state index contributed by atoms with van der Waals surface area (Å²) in [5.41, 5.74) is 0.562. The zero-order valence-corrected chi connectivity index (χ0v) is 18.5. The zero-order chi connectivity index (χ0) is 23.0. The first-order valence-corrected chi connectivity index (χ1v) is 9.97. The van der Waals surface area contributed by atoms with Gasteiger partial charge in [0.2, 0.25) is 12.1 Å². The molecule has 0 saturated carbocycles. The fraction of sp³-hybridized carbons (Fsp3) is 0.391. The van der Waals surface area contributed by atoms with Gasteiger partial charge >= 0.3 is 12.1 Å². The molecule has 0 radical (unpaired) electrons. The molecule has 1 atom stereocenters. The molecule has 166 valence electrons. The molecule has 1 amide bonds. The number of esters is 1. The average Bonchev–Trinajstić information content (AvgIpc) is 3.07. The van der Waals surface area contributed by atoms with Gasteiger partial charge in [0, 0.05) is 12.0 Å². The third kappa shape index (κ3) is 7.40. The number of ketones is 1. The summed E-state index contributed by atoms with van der Waals surface area (Å²) in [6.45, 7) is 9.55. The molecule has 31 heavy (non-hydrogen) atoms. The van der Waals surface area contributed by atoms with Gasteiger partial charge in [-0.05, 0) is 20.8 Å². The standard InChI is InChI=1S/C23H29N3O5/c1-6-12-25-14-18(26(16-25)15-20(27)17-10-8-7-9-11-17)13-19(21(28)30-5)24-22(29)31-23(2,3)4/h6-11,14,16,19H,1,12-13,15H2,2-5H3/p+1/t19-/m0/s1. The predicted molar refractivity (Wildman–Crippen MR) is 114 cm³/mol. The van der Waals surface area contributed by atoms with Crippen LogP contribution in [0.1, 0.15) is 36.8 Å². The van der Waals surface area contributed by atoms with Crippen LogP contribution < -0.4 is 9.88 Å². The quantitative estimate of drug-likeness (QED) is 0.287. The third-order valence-corrected chi connectivity index (χ3v) is 4.31. The molecule has 1 aromatic carbocycles. The molecule has 2 aromatic rings. The normalized spacial score (nSPS) is 12.0. The minimum Gasteiger partial charge on any atom is -0.467 e. The fourth-order valence-corrected chi connectivity index (χ4v) is 2.98. The lowest BCUT2D eigenvalue weighted by atomic mass is 10.1. The van der Waals surface area contributed by atoms with Crippen LogP contribution in [0.3, 0.4) is 0 Å². The second-order valence-electron chi connectivity index (χ2n) is 8.06. The summed E-state index contributed by atoms with van der Waals surface area (Å²) >= 11 is 0. The van der Waals surface area contributed by atoms with Gasteiger partial charge in [0.25, 0.3) is 0 Å². The highest BCUT2D eigenvalue weighted by Gasteiger charge is 2.29. The predicted octanol–water partition coefficient (Wildman–Crippen LogP) is 2.45. The lowest BCUT2D eigenvalue weighted by Crippen LogP contribution is -2.45. The Morgan fingerprint density at radius 2 is 1.90 bits per heavy atom. The van der Waals surface area contributed by atoms with E-state index in [1.54, 1.807) is 62.0 Å². The van der Waals surface area contributed by atoms with E-state index in [1.807, 2.05) is 16.8 Å². The molecule has 0 unspecified atom stereocenters. The molecule has 0 bridgehead atoms. The van der Waals surface area contributed by atoms with Crippen LogP contribution in [-0.4, -0.2) is 41.2 Å². The molecule has 8 heteroatoms. The molecule has 0 fully saturated rings. The Kier molecular flexibility index (Phi) is 8.13. The molecule has 1 heterocycles. The van der Waals surface area contributed by atoms with Crippen molar-refractivity contribution in [3.8, 4) is 0 Å². The number of Topliss-reactive ketones (excluding diaryl/α,β-unsaturated/α-hetero) is 1. The number of nitrogens with one attached hydrogen (secondary N) is 1. The van der Waals surface area contributed by atoms with Crippen LogP contribution in [0.15, 0.2) is 55.5 Å². The zero-order valence-electron chi connectivity index (χ0n) is 18.5. The van der Waals surface area contributed by atoms with Gasteiger partial charge in [0.15, 0.2) is 6.54 Å². The summed E-state index contributed by atoms with van der Waals surface area (Å²) < 4.78 is 13.7. The number of imidazole rings is 1. The lowest BCUT2D eigenvalue weighted by molar-refractivity contribution is -0.686. The highest BCUT2D eigenvalue weighted by atomic mass is 16.6. The highest BCUT2D eigenvalue weighted by molar-refractivity contribution is 5.95. The van der Waals surface area contributed by atoms with E-state index in [0.717, 1.165) is 0 Å². The van der Waals surface area contributed by atoms with E-state index in [1.165, 1.54) is 7.11 Å². The number of rotatable bonds is 9. The van der Waals surface area contributed by atoms with Crippen molar-refractivity contribution >= 4 is 17.8 Å². The number of aromatic nitrogens is 2. The number of ether oxygens (including phenoxy) is 2. The van der Waals surface area contributed by atoms with Crippen LogP contribution in [0.25, 0.3) is 0 Å². The summed E-state index contributed by atoms with van der Waals surface area (Å²) in [6, 6.07) is 7.99. The monoisotopic (exact) mass is 428 g/mol. The van der Waals surface area contributed by atoms with Crippen LogP contribution in [-0.2, 0) is 33.8 Å². The summed E-state index contributed by atoms with van der Waals surface area (Å²) in [4.78, 5) is 37.2. The van der Waals surface area contributed by atoms with Crippen molar-refractivity contribution in [1.29, 1.82) is 0 Å². The number of hydrogen-bond acceptors (Lipinski definition) is 5. The Morgan fingerprint density at radius 1 is 1.23 bits per heavy atom. The smallest absolute Gasteiger partial charge is 0.408 e. The molecular weight excluding hydrogens is 398 g/mol. The van der Waals surface area contributed by atoms with Crippen molar-refractivity contribution in [2.45, 2.75) is 51.9 Å². The number of methoxy groups -OCH3 is 1. The van der Waals surface area contributed by atoms with Crippen LogP contribution in [0.2, 0.25) is 0 Å². The van der Waals surface area contributed by atoms with E-state index in [4.69, 9.17) is 9.47 Å². The van der Waals surface area contributed by atoms with Crippen LogP contribution >= 0.6 is 0 Å². The lowest BCUT2D eigenvalue weighted by Gasteiger charge is -2.22. The SMILES string of the molecule is C=CC[n+]1cc(C[C@H](NC(=O)OC(C)(C)C)C(=O)OC)n(CC(=O)c2ccccc2)c1.